The van der Waals surface area contributed by atoms with Gasteiger partial charge < -0.3 is 0 Å². The van der Waals surface area contributed by atoms with Gasteiger partial charge in [-0.3, -0.25) is 0 Å². The molecule has 0 amide bonds. The van der Waals surface area contributed by atoms with Gasteiger partial charge in [-0.05, 0) is 69.0 Å². The minimum Gasteiger partial charge on any atom is -0.195 e. The first-order valence-corrected chi connectivity index (χ1v) is 14.8. The molecule has 4 heteroatoms. The van der Waals surface area contributed by atoms with E-state index in [0.717, 1.165) is 44.9 Å². The van der Waals surface area contributed by atoms with Crippen molar-refractivity contribution in [3.05, 3.63) is 0 Å². The molecule has 0 aromatic rings. The third-order valence-corrected chi connectivity index (χ3v) is 12.1. The van der Waals surface area contributed by atoms with E-state index >= 15 is 0 Å². The third-order valence-electron chi connectivity index (χ3n) is 12.1. The van der Waals surface area contributed by atoms with Crippen molar-refractivity contribution in [2.45, 2.75) is 153 Å². The largest absolute Gasteiger partial charge is 0.234 e. The van der Waals surface area contributed by atoms with Crippen LogP contribution in [0.4, 0.5) is 0 Å². The molecule has 36 heavy (non-hydrogen) atoms. The molecule has 2 aliphatic heterocycles. The van der Waals surface area contributed by atoms with Crippen molar-refractivity contribution in [3.63, 3.8) is 0 Å². The molecule has 0 radical (unpaired) electrons. The predicted molar refractivity (Wildman–Crippen MR) is 146 cm³/mol. The van der Waals surface area contributed by atoms with E-state index in [-0.39, 0.29) is 49.5 Å². The van der Waals surface area contributed by atoms with Crippen molar-refractivity contribution in [1.82, 2.24) is 0 Å². The van der Waals surface area contributed by atoms with Crippen LogP contribution in [0.25, 0.3) is 0 Å². The maximum absolute atomic E-state index is 5.73. The standard InChI is InChI=1S/C32H58O4/c1-15-28(14,31(26(8,9)10)18-16-29(33-34-29)20-22(31)24(2,3)4)32(27(11,12)13)19-17-30(35-36-30)21-23(32)25(5,6)7/h22-23H,15-21H2,1-14H3. The summed E-state index contributed by atoms with van der Waals surface area (Å²) < 4.78 is 0. The van der Waals surface area contributed by atoms with Gasteiger partial charge in [0.25, 0.3) is 0 Å². The molecule has 0 aromatic carbocycles. The van der Waals surface area contributed by atoms with Crippen molar-refractivity contribution in [2.24, 2.45) is 49.7 Å². The van der Waals surface area contributed by atoms with E-state index in [1.54, 1.807) is 0 Å². The van der Waals surface area contributed by atoms with Crippen LogP contribution < -0.4 is 0 Å². The van der Waals surface area contributed by atoms with E-state index in [0.29, 0.717) is 11.8 Å². The Balaban J connectivity index is 2.03. The van der Waals surface area contributed by atoms with E-state index in [2.05, 4.69) is 96.9 Å². The molecule has 4 fully saturated rings. The zero-order valence-corrected chi connectivity index (χ0v) is 26.2. The maximum Gasteiger partial charge on any atom is 0.234 e. The first kappa shape index (κ1) is 28.8. The van der Waals surface area contributed by atoms with Crippen molar-refractivity contribution < 1.29 is 19.6 Å². The molecular formula is C32H58O4. The summed E-state index contributed by atoms with van der Waals surface area (Å²) in [5.74, 6) is 0.226. The van der Waals surface area contributed by atoms with E-state index in [4.69, 9.17) is 19.6 Å². The van der Waals surface area contributed by atoms with Gasteiger partial charge in [-0.1, -0.05) is 96.9 Å². The fraction of sp³-hybridized carbons (Fsp3) is 1.00. The van der Waals surface area contributed by atoms with Crippen LogP contribution in [0.15, 0.2) is 0 Å². The summed E-state index contributed by atoms with van der Waals surface area (Å²) >= 11 is 0. The van der Waals surface area contributed by atoms with Crippen LogP contribution in [0.1, 0.15) is 142 Å². The van der Waals surface area contributed by atoms with Crippen LogP contribution in [0, 0.1) is 49.7 Å². The monoisotopic (exact) mass is 506 g/mol. The number of hydrogen-bond donors (Lipinski definition) is 0. The summed E-state index contributed by atoms with van der Waals surface area (Å²) in [6, 6.07) is 0. The molecule has 2 heterocycles. The second kappa shape index (κ2) is 7.95. The topological polar surface area (TPSA) is 50.1 Å². The van der Waals surface area contributed by atoms with Gasteiger partial charge in [0.1, 0.15) is 0 Å². The lowest BCUT2D eigenvalue weighted by atomic mass is 9.29. The quantitative estimate of drug-likeness (QED) is 0.282. The van der Waals surface area contributed by atoms with Gasteiger partial charge in [0.05, 0.1) is 0 Å². The van der Waals surface area contributed by atoms with Gasteiger partial charge in [0.15, 0.2) is 0 Å². The molecule has 4 atom stereocenters. The van der Waals surface area contributed by atoms with Gasteiger partial charge >= 0.3 is 0 Å². The van der Waals surface area contributed by atoms with E-state index in [9.17, 15) is 0 Å². The molecule has 4 aliphatic rings. The van der Waals surface area contributed by atoms with Gasteiger partial charge in [-0.25, -0.2) is 0 Å². The van der Waals surface area contributed by atoms with Crippen LogP contribution in [0.3, 0.4) is 0 Å². The Morgan fingerprint density at radius 2 is 0.833 bits per heavy atom. The molecule has 2 saturated heterocycles. The first-order valence-electron chi connectivity index (χ1n) is 14.8. The Bertz CT molecular complexity index is 773. The highest BCUT2D eigenvalue weighted by molar-refractivity contribution is 5.22. The van der Waals surface area contributed by atoms with Crippen LogP contribution in [-0.2, 0) is 19.6 Å². The number of hydrogen-bond acceptors (Lipinski definition) is 4. The lowest BCUT2D eigenvalue weighted by Crippen LogP contribution is -2.70. The summed E-state index contributed by atoms with van der Waals surface area (Å²) in [6.45, 7) is 35.2. The molecule has 210 valence electrons. The summed E-state index contributed by atoms with van der Waals surface area (Å²) in [5, 5.41) is 0. The second-order valence-corrected chi connectivity index (χ2v) is 17.5. The highest BCUT2D eigenvalue weighted by atomic mass is 17.4. The lowest BCUT2D eigenvalue weighted by Gasteiger charge is -2.75. The summed E-state index contributed by atoms with van der Waals surface area (Å²) in [4.78, 5) is 22.9. The van der Waals surface area contributed by atoms with Crippen LogP contribution in [0.2, 0.25) is 0 Å². The minimum atomic E-state index is -0.355. The Morgan fingerprint density at radius 1 is 0.528 bits per heavy atom. The second-order valence-electron chi connectivity index (χ2n) is 17.5. The normalized spacial score (nSPS) is 38.2. The Hall–Kier alpha value is -0.160. The fourth-order valence-corrected chi connectivity index (χ4v) is 10.6. The highest BCUT2D eigenvalue weighted by Gasteiger charge is 2.76. The Labute approximate surface area is 222 Å². The van der Waals surface area contributed by atoms with E-state index < -0.39 is 0 Å². The summed E-state index contributed by atoms with van der Waals surface area (Å²) in [6.07, 6.45) is 7.38. The van der Waals surface area contributed by atoms with Crippen molar-refractivity contribution in [1.29, 1.82) is 0 Å². The minimum absolute atomic E-state index is 0.0688. The van der Waals surface area contributed by atoms with Crippen LogP contribution in [-0.4, -0.2) is 11.6 Å². The molecule has 2 saturated carbocycles. The van der Waals surface area contributed by atoms with Gasteiger partial charge in [0.2, 0.25) is 11.6 Å². The zero-order valence-electron chi connectivity index (χ0n) is 26.2. The average Bonchev–Trinajstić information content (AvgIpc) is 3.63. The molecule has 0 bridgehead atoms. The maximum atomic E-state index is 5.73. The summed E-state index contributed by atoms with van der Waals surface area (Å²) in [7, 11) is 0. The smallest absolute Gasteiger partial charge is 0.195 e. The van der Waals surface area contributed by atoms with E-state index in [1.165, 1.54) is 0 Å². The molecular weight excluding hydrogens is 448 g/mol. The molecule has 4 unspecified atom stereocenters. The van der Waals surface area contributed by atoms with Gasteiger partial charge in [0, 0.05) is 25.7 Å². The predicted octanol–water partition coefficient (Wildman–Crippen LogP) is 9.48. The Kier molecular flexibility index (Phi) is 6.37. The molecule has 0 aromatic heterocycles. The van der Waals surface area contributed by atoms with Crippen LogP contribution >= 0.6 is 0 Å². The summed E-state index contributed by atoms with van der Waals surface area (Å²) in [5.41, 5.74) is 0.728. The highest BCUT2D eigenvalue weighted by Crippen LogP contribution is 2.80. The molecule has 2 aliphatic carbocycles. The van der Waals surface area contributed by atoms with Crippen molar-refractivity contribution in [3.8, 4) is 0 Å². The average molecular weight is 507 g/mol. The third kappa shape index (κ3) is 3.89. The first-order chi connectivity index (χ1) is 16.1. The van der Waals surface area contributed by atoms with Gasteiger partial charge in [-0.15, -0.1) is 0 Å². The SMILES string of the molecule is CCC(C)(C1(C(C)(C)C)CCC2(CC1C(C)(C)C)OO2)C1(C(C)(C)C)CCC2(CC1C(C)(C)C)OO2. The van der Waals surface area contributed by atoms with Crippen LogP contribution in [0.5, 0.6) is 0 Å². The van der Waals surface area contributed by atoms with Gasteiger partial charge in [-0.2, -0.15) is 19.6 Å². The molecule has 4 nitrogen and oxygen atoms in total. The van der Waals surface area contributed by atoms with Crippen molar-refractivity contribution in [2.75, 3.05) is 0 Å². The number of rotatable bonds is 3. The molecule has 2 spiro atoms. The Morgan fingerprint density at radius 3 is 1.03 bits per heavy atom. The fourth-order valence-electron chi connectivity index (χ4n) is 10.6. The van der Waals surface area contributed by atoms with E-state index in [1.807, 2.05) is 0 Å². The lowest BCUT2D eigenvalue weighted by molar-refractivity contribution is -0.282. The molecule has 0 N–H and O–H groups in total. The zero-order chi connectivity index (χ0) is 27.4. The van der Waals surface area contributed by atoms with Crippen molar-refractivity contribution >= 4 is 0 Å². The molecule has 4 rings (SSSR count).